The lowest BCUT2D eigenvalue weighted by Crippen LogP contribution is -2.41. The second kappa shape index (κ2) is 9.37. The summed E-state index contributed by atoms with van der Waals surface area (Å²) in [5.74, 6) is -0.813. The Kier molecular flexibility index (Phi) is 6.43. The van der Waals surface area contributed by atoms with Crippen molar-refractivity contribution in [3.05, 3.63) is 72.4 Å². The third kappa shape index (κ3) is 5.02. The Hall–Kier alpha value is -4.14. The summed E-state index contributed by atoms with van der Waals surface area (Å²) in [5, 5.41) is 8.02. The zero-order valence-electron chi connectivity index (χ0n) is 16.3. The van der Waals surface area contributed by atoms with Crippen LogP contribution in [0.3, 0.4) is 0 Å². The molecule has 0 aliphatic carbocycles. The van der Waals surface area contributed by atoms with Gasteiger partial charge in [-0.1, -0.05) is 0 Å². The molecule has 3 aromatic rings. The van der Waals surface area contributed by atoms with E-state index in [0.29, 0.717) is 28.3 Å². The Morgan fingerprint density at radius 1 is 1.07 bits per heavy atom. The number of amides is 3. The average Bonchev–Trinajstić information content (AvgIpc) is 3.30. The van der Waals surface area contributed by atoms with Crippen LogP contribution in [0.2, 0.25) is 0 Å². The molecular formula is C21H20N4O5. The molecule has 0 spiro atoms. The topological polar surface area (TPSA) is 123 Å². The Morgan fingerprint density at radius 2 is 1.90 bits per heavy atom. The molecule has 0 saturated heterocycles. The molecule has 1 atom stereocenters. The first-order valence-electron chi connectivity index (χ1n) is 9.01. The maximum absolute atomic E-state index is 12.4. The van der Waals surface area contributed by atoms with Crippen LogP contribution in [0, 0.1) is 0 Å². The third-order valence-corrected chi connectivity index (χ3v) is 4.17. The summed E-state index contributed by atoms with van der Waals surface area (Å²) in [4.78, 5) is 40.6. The van der Waals surface area contributed by atoms with Crippen LogP contribution >= 0.6 is 0 Å². The van der Waals surface area contributed by atoms with Gasteiger partial charge < -0.3 is 25.1 Å². The first kappa shape index (κ1) is 20.6. The van der Waals surface area contributed by atoms with Crippen molar-refractivity contribution in [1.29, 1.82) is 0 Å². The largest absolute Gasteiger partial charge is 0.494 e. The normalized spacial score (nSPS) is 11.3. The standard InChI is InChI=1S/C21H20N4O5/c1-13(23-21(28)15-7-9-30-12-15)19(26)24-16-5-6-17(18(10-16)29-2)25-20(27)14-4-3-8-22-11-14/h3-13H,1-2H3,(H,23,28)(H,24,26)(H,25,27). The fraction of sp³-hybridized carbons (Fsp3) is 0.143. The minimum atomic E-state index is -0.789. The molecular weight excluding hydrogens is 388 g/mol. The van der Waals surface area contributed by atoms with Gasteiger partial charge in [0.2, 0.25) is 5.91 Å². The predicted octanol–water partition coefficient (Wildman–Crippen LogP) is 2.69. The number of pyridine rings is 1. The minimum absolute atomic E-state index is 0.324. The molecule has 3 amide bonds. The molecule has 1 aromatic carbocycles. The molecule has 0 bridgehead atoms. The zero-order chi connectivity index (χ0) is 21.5. The van der Waals surface area contributed by atoms with Crippen LogP contribution in [0.25, 0.3) is 0 Å². The lowest BCUT2D eigenvalue weighted by Gasteiger charge is -2.15. The van der Waals surface area contributed by atoms with Gasteiger partial charge in [-0.25, -0.2) is 0 Å². The van der Waals surface area contributed by atoms with Gasteiger partial charge in [0.05, 0.1) is 30.2 Å². The van der Waals surface area contributed by atoms with Crippen molar-refractivity contribution >= 4 is 29.1 Å². The molecule has 2 heterocycles. The van der Waals surface area contributed by atoms with E-state index in [2.05, 4.69) is 20.9 Å². The number of carbonyl (C=O) groups is 3. The summed E-state index contributed by atoms with van der Waals surface area (Å²) in [6.45, 7) is 1.56. The Labute approximate surface area is 172 Å². The molecule has 2 aromatic heterocycles. The van der Waals surface area contributed by atoms with Crippen LogP contribution in [0.5, 0.6) is 5.75 Å². The van der Waals surface area contributed by atoms with Crippen LogP contribution in [0.15, 0.2) is 65.7 Å². The molecule has 9 nitrogen and oxygen atoms in total. The summed E-state index contributed by atoms with van der Waals surface area (Å²) in [6.07, 6.45) is 5.70. The van der Waals surface area contributed by atoms with Crippen molar-refractivity contribution in [2.45, 2.75) is 13.0 Å². The van der Waals surface area contributed by atoms with E-state index in [0.717, 1.165) is 0 Å². The van der Waals surface area contributed by atoms with E-state index in [1.165, 1.54) is 31.9 Å². The van der Waals surface area contributed by atoms with Gasteiger partial charge in [0.1, 0.15) is 18.1 Å². The average molecular weight is 408 g/mol. The molecule has 0 saturated carbocycles. The van der Waals surface area contributed by atoms with Crippen molar-refractivity contribution in [2.24, 2.45) is 0 Å². The number of anilines is 2. The highest BCUT2D eigenvalue weighted by molar-refractivity contribution is 6.05. The van der Waals surface area contributed by atoms with E-state index in [4.69, 9.17) is 9.15 Å². The first-order chi connectivity index (χ1) is 14.5. The molecule has 0 radical (unpaired) electrons. The number of rotatable bonds is 7. The molecule has 1 unspecified atom stereocenters. The van der Waals surface area contributed by atoms with Gasteiger partial charge in [0.25, 0.3) is 11.8 Å². The van der Waals surface area contributed by atoms with Gasteiger partial charge in [-0.2, -0.15) is 0 Å². The van der Waals surface area contributed by atoms with Crippen molar-refractivity contribution < 1.29 is 23.5 Å². The maximum atomic E-state index is 12.4. The van der Waals surface area contributed by atoms with Gasteiger partial charge >= 0.3 is 0 Å². The minimum Gasteiger partial charge on any atom is -0.494 e. The van der Waals surface area contributed by atoms with Crippen LogP contribution in [0.4, 0.5) is 11.4 Å². The van der Waals surface area contributed by atoms with E-state index in [1.54, 1.807) is 43.5 Å². The van der Waals surface area contributed by atoms with Crippen LogP contribution < -0.4 is 20.7 Å². The highest BCUT2D eigenvalue weighted by Gasteiger charge is 2.18. The van der Waals surface area contributed by atoms with E-state index in [1.807, 2.05) is 0 Å². The number of furan rings is 1. The van der Waals surface area contributed by atoms with E-state index in [9.17, 15) is 14.4 Å². The van der Waals surface area contributed by atoms with Crippen LogP contribution in [-0.4, -0.2) is 35.9 Å². The van der Waals surface area contributed by atoms with Gasteiger partial charge in [-0.15, -0.1) is 0 Å². The summed E-state index contributed by atoms with van der Waals surface area (Å²) < 4.78 is 10.2. The van der Waals surface area contributed by atoms with Crippen molar-refractivity contribution in [3.63, 3.8) is 0 Å². The van der Waals surface area contributed by atoms with E-state index in [-0.39, 0.29) is 5.91 Å². The highest BCUT2D eigenvalue weighted by Crippen LogP contribution is 2.28. The van der Waals surface area contributed by atoms with Gasteiger partial charge in [-0.05, 0) is 37.3 Å². The summed E-state index contributed by atoms with van der Waals surface area (Å²) in [7, 11) is 1.45. The van der Waals surface area contributed by atoms with Gasteiger partial charge in [-0.3, -0.25) is 19.4 Å². The predicted molar refractivity (Wildman–Crippen MR) is 109 cm³/mol. The molecule has 0 fully saturated rings. The Morgan fingerprint density at radius 3 is 2.57 bits per heavy atom. The van der Waals surface area contributed by atoms with Crippen molar-refractivity contribution in [2.75, 3.05) is 17.7 Å². The molecule has 0 aliphatic rings. The number of methoxy groups -OCH3 is 1. The second-order valence-electron chi connectivity index (χ2n) is 6.31. The lowest BCUT2D eigenvalue weighted by molar-refractivity contribution is -0.117. The summed E-state index contributed by atoms with van der Waals surface area (Å²) in [6, 6.07) is 8.81. The molecule has 154 valence electrons. The Balaban J connectivity index is 1.64. The molecule has 3 rings (SSSR count). The number of hydrogen-bond donors (Lipinski definition) is 3. The third-order valence-electron chi connectivity index (χ3n) is 4.17. The number of nitrogens with zero attached hydrogens (tertiary/aromatic N) is 1. The molecule has 30 heavy (non-hydrogen) atoms. The molecule has 0 aliphatic heterocycles. The van der Waals surface area contributed by atoms with Crippen molar-refractivity contribution in [1.82, 2.24) is 10.3 Å². The number of nitrogens with one attached hydrogen (secondary N) is 3. The lowest BCUT2D eigenvalue weighted by atomic mass is 10.2. The first-order valence-corrected chi connectivity index (χ1v) is 9.01. The highest BCUT2D eigenvalue weighted by atomic mass is 16.5. The van der Waals surface area contributed by atoms with E-state index < -0.39 is 17.9 Å². The number of carbonyl (C=O) groups excluding carboxylic acids is 3. The quantitative estimate of drug-likeness (QED) is 0.552. The summed E-state index contributed by atoms with van der Waals surface area (Å²) >= 11 is 0. The maximum Gasteiger partial charge on any atom is 0.257 e. The monoisotopic (exact) mass is 408 g/mol. The fourth-order valence-corrected chi connectivity index (χ4v) is 2.55. The molecule has 9 heteroatoms. The SMILES string of the molecule is COc1cc(NC(=O)C(C)NC(=O)c2ccoc2)ccc1NC(=O)c1cccnc1. The zero-order valence-corrected chi connectivity index (χ0v) is 16.3. The van der Waals surface area contributed by atoms with Crippen LogP contribution in [-0.2, 0) is 4.79 Å². The van der Waals surface area contributed by atoms with E-state index >= 15 is 0 Å². The van der Waals surface area contributed by atoms with Gasteiger partial charge in [0, 0.05) is 24.1 Å². The number of hydrogen-bond acceptors (Lipinski definition) is 6. The number of ether oxygens (including phenoxy) is 1. The second-order valence-corrected chi connectivity index (χ2v) is 6.31. The Bertz CT molecular complexity index is 1030. The smallest absolute Gasteiger partial charge is 0.257 e. The van der Waals surface area contributed by atoms with Crippen molar-refractivity contribution in [3.8, 4) is 5.75 Å². The fourth-order valence-electron chi connectivity index (χ4n) is 2.55. The van der Waals surface area contributed by atoms with Gasteiger partial charge in [0.15, 0.2) is 0 Å². The van der Waals surface area contributed by atoms with Crippen LogP contribution in [0.1, 0.15) is 27.6 Å². The number of benzene rings is 1. The molecule has 3 N–H and O–H groups in total. The number of aromatic nitrogens is 1. The summed E-state index contributed by atoms with van der Waals surface area (Å²) in [5.41, 5.74) is 1.61.